The number of carbonyl (C=O) groups excluding carboxylic acids is 1. The van der Waals surface area contributed by atoms with Crippen LogP contribution in [0.3, 0.4) is 0 Å². The van der Waals surface area contributed by atoms with Crippen LogP contribution >= 0.6 is 0 Å². The van der Waals surface area contributed by atoms with E-state index in [0.717, 1.165) is 37.8 Å². The summed E-state index contributed by atoms with van der Waals surface area (Å²) in [5, 5.41) is 15.6. The number of carbonyl (C=O) groups is 1. The second-order valence-electron chi connectivity index (χ2n) is 11.6. The van der Waals surface area contributed by atoms with E-state index in [1.54, 1.807) is 24.4 Å². The summed E-state index contributed by atoms with van der Waals surface area (Å²) < 4.78 is 16.6. The Morgan fingerprint density at radius 1 is 0.975 bits per heavy atom. The lowest BCUT2D eigenvalue weighted by Crippen LogP contribution is -2.64. The van der Waals surface area contributed by atoms with Gasteiger partial charge in [-0.05, 0) is 36.5 Å². The fourth-order valence-corrected chi connectivity index (χ4v) is 7.14. The van der Waals surface area contributed by atoms with Crippen LogP contribution in [0.4, 0.5) is 9.18 Å². The number of likely N-dealkylation sites (tertiary alicyclic amines) is 1. The molecule has 210 valence electrons. The lowest BCUT2D eigenvalue weighted by Gasteiger charge is -2.53. The normalized spacial score (nSPS) is 24.4. The first kappa shape index (κ1) is 26.7. The molecule has 3 fully saturated rings. The van der Waals surface area contributed by atoms with Crippen molar-refractivity contribution in [2.24, 2.45) is 5.41 Å². The van der Waals surface area contributed by atoms with Gasteiger partial charge in [-0.25, -0.2) is 9.18 Å². The molecular weight excluding hydrogens is 507 g/mol. The Bertz CT molecular complexity index is 1410. The van der Waals surface area contributed by atoms with E-state index >= 15 is 4.39 Å². The molecule has 7 nitrogen and oxygen atoms in total. The summed E-state index contributed by atoms with van der Waals surface area (Å²) in [5.41, 5.74) is -0.476. The molecule has 1 aliphatic carbocycles. The monoisotopic (exact) mass is 544 g/mol. The SMILES string of the molecule is O=C(N1CCC(O)(Cn2ccc(-c3ccccc3)c(F)c2=O)C2(CCCC2)C1)N1CCNC[C@H]1c1ccccc1. The molecule has 2 aliphatic heterocycles. The molecule has 1 spiro atoms. The van der Waals surface area contributed by atoms with Crippen LogP contribution in [0.2, 0.25) is 0 Å². The van der Waals surface area contributed by atoms with E-state index in [2.05, 4.69) is 17.4 Å². The minimum absolute atomic E-state index is 0.000830. The lowest BCUT2D eigenvalue weighted by molar-refractivity contribution is -0.136. The number of urea groups is 1. The van der Waals surface area contributed by atoms with E-state index in [0.29, 0.717) is 38.2 Å². The van der Waals surface area contributed by atoms with Crippen LogP contribution in [0.15, 0.2) is 77.7 Å². The summed E-state index contributed by atoms with van der Waals surface area (Å²) in [6.45, 7) is 2.90. The maximum atomic E-state index is 15.3. The van der Waals surface area contributed by atoms with Crippen molar-refractivity contribution in [1.82, 2.24) is 19.7 Å². The number of hydrogen-bond donors (Lipinski definition) is 2. The lowest BCUT2D eigenvalue weighted by atomic mass is 9.66. The molecule has 2 amide bonds. The van der Waals surface area contributed by atoms with Gasteiger partial charge in [-0.2, -0.15) is 0 Å². The van der Waals surface area contributed by atoms with Gasteiger partial charge < -0.3 is 24.8 Å². The molecule has 6 rings (SSSR count). The van der Waals surface area contributed by atoms with Gasteiger partial charge >= 0.3 is 6.03 Å². The number of hydrogen-bond acceptors (Lipinski definition) is 4. The first-order valence-corrected chi connectivity index (χ1v) is 14.4. The second-order valence-corrected chi connectivity index (χ2v) is 11.6. The first-order chi connectivity index (χ1) is 19.4. The van der Waals surface area contributed by atoms with Crippen LogP contribution in [0, 0.1) is 11.2 Å². The largest absolute Gasteiger partial charge is 0.387 e. The molecule has 3 aliphatic rings. The van der Waals surface area contributed by atoms with Crippen LogP contribution < -0.4 is 10.9 Å². The van der Waals surface area contributed by atoms with Crippen LogP contribution in [0.1, 0.15) is 43.7 Å². The number of amides is 2. The van der Waals surface area contributed by atoms with Gasteiger partial charge in [0.2, 0.25) is 0 Å². The fraction of sp³-hybridized carbons (Fsp3) is 0.438. The molecule has 2 N–H and O–H groups in total. The predicted molar refractivity (Wildman–Crippen MR) is 152 cm³/mol. The molecule has 0 radical (unpaired) electrons. The van der Waals surface area contributed by atoms with Crippen molar-refractivity contribution in [2.75, 3.05) is 32.7 Å². The van der Waals surface area contributed by atoms with Gasteiger partial charge in [0.1, 0.15) is 0 Å². The Labute approximate surface area is 234 Å². The summed E-state index contributed by atoms with van der Waals surface area (Å²) in [5.74, 6) is -0.809. The molecule has 1 saturated carbocycles. The van der Waals surface area contributed by atoms with Crippen LogP contribution in [0.25, 0.3) is 11.1 Å². The quantitative estimate of drug-likeness (QED) is 0.510. The van der Waals surface area contributed by atoms with E-state index in [-0.39, 0.29) is 24.2 Å². The van der Waals surface area contributed by atoms with E-state index < -0.39 is 22.4 Å². The summed E-state index contributed by atoms with van der Waals surface area (Å²) in [7, 11) is 0. The molecule has 1 unspecified atom stereocenters. The fourth-order valence-electron chi connectivity index (χ4n) is 7.14. The van der Waals surface area contributed by atoms with Crippen LogP contribution in [0.5, 0.6) is 0 Å². The summed E-state index contributed by atoms with van der Waals surface area (Å²) in [4.78, 5) is 31.0. The molecule has 8 heteroatoms. The predicted octanol–water partition coefficient (Wildman–Crippen LogP) is 4.42. The molecule has 0 bridgehead atoms. The van der Waals surface area contributed by atoms with Gasteiger partial charge in [-0.3, -0.25) is 4.79 Å². The number of aromatic nitrogens is 1. The Morgan fingerprint density at radius 2 is 1.68 bits per heavy atom. The van der Waals surface area contributed by atoms with Gasteiger partial charge in [0.15, 0.2) is 5.82 Å². The molecule has 40 heavy (non-hydrogen) atoms. The van der Waals surface area contributed by atoms with Crippen molar-refractivity contribution >= 4 is 6.03 Å². The molecule has 1 aromatic heterocycles. The zero-order valence-corrected chi connectivity index (χ0v) is 22.8. The third kappa shape index (κ3) is 4.73. The maximum absolute atomic E-state index is 15.3. The van der Waals surface area contributed by atoms with Gasteiger partial charge in [0, 0.05) is 49.9 Å². The zero-order chi connectivity index (χ0) is 27.7. The van der Waals surface area contributed by atoms with Crippen molar-refractivity contribution in [1.29, 1.82) is 0 Å². The standard InChI is InChI=1S/C32H37FN4O3/c33-28-26(24-9-3-1-4-10-24)13-18-35(29(28)38)23-32(40)16-19-36(22-31(32)14-7-8-15-31)30(39)37-20-17-34-21-27(37)25-11-5-2-6-12-25/h1-6,9-13,18,27,34,40H,7-8,14-17,19-23H2/t27-,32?/m0/s1. The highest BCUT2D eigenvalue weighted by molar-refractivity contribution is 5.75. The number of piperazine rings is 1. The van der Waals surface area contributed by atoms with Crippen molar-refractivity contribution in [2.45, 2.75) is 50.3 Å². The van der Waals surface area contributed by atoms with Gasteiger partial charge in [0.25, 0.3) is 5.56 Å². The number of piperidine rings is 1. The number of nitrogens with one attached hydrogen (secondary N) is 1. The third-order valence-electron chi connectivity index (χ3n) is 9.40. The van der Waals surface area contributed by atoms with Crippen molar-refractivity contribution < 1.29 is 14.3 Å². The Hall–Kier alpha value is -3.49. The third-order valence-corrected chi connectivity index (χ3v) is 9.40. The zero-order valence-electron chi connectivity index (χ0n) is 22.8. The van der Waals surface area contributed by atoms with E-state index in [9.17, 15) is 14.7 Å². The maximum Gasteiger partial charge on any atom is 0.320 e. The van der Waals surface area contributed by atoms with Crippen LogP contribution in [-0.2, 0) is 6.54 Å². The number of rotatable bonds is 4. The van der Waals surface area contributed by atoms with Crippen LogP contribution in [-0.4, -0.2) is 63.8 Å². The smallest absolute Gasteiger partial charge is 0.320 e. The molecule has 2 atom stereocenters. The average molecular weight is 545 g/mol. The molecule has 2 aromatic carbocycles. The van der Waals surface area contributed by atoms with Gasteiger partial charge in [-0.15, -0.1) is 0 Å². The first-order valence-electron chi connectivity index (χ1n) is 14.4. The van der Waals surface area contributed by atoms with E-state index in [1.165, 1.54) is 4.57 Å². The summed E-state index contributed by atoms with van der Waals surface area (Å²) in [6.07, 6.45) is 5.40. The highest BCUT2D eigenvalue weighted by Crippen LogP contribution is 2.52. The molecule has 3 aromatic rings. The summed E-state index contributed by atoms with van der Waals surface area (Å²) >= 11 is 0. The number of aliphatic hydroxyl groups is 1. The minimum Gasteiger partial charge on any atom is -0.387 e. The Kier molecular flexibility index (Phi) is 7.23. The average Bonchev–Trinajstić information content (AvgIpc) is 3.48. The Balaban J connectivity index is 1.25. The van der Waals surface area contributed by atoms with Crippen molar-refractivity contribution in [3.63, 3.8) is 0 Å². The minimum atomic E-state index is -1.22. The highest BCUT2D eigenvalue weighted by atomic mass is 19.1. The summed E-state index contributed by atoms with van der Waals surface area (Å²) in [6, 6.07) is 20.7. The molecular formula is C32H37FN4O3. The number of pyridine rings is 1. The van der Waals surface area contributed by atoms with Crippen molar-refractivity contribution in [3.05, 3.63) is 94.7 Å². The van der Waals surface area contributed by atoms with Crippen molar-refractivity contribution in [3.8, 4) is 11.1 Å². The second kappa shape index (κ2) is 10.8. The number of halogens is 1. The Morgan fingerprint density at radius 3 is 2.40 bits per heavy atom. The van der Waals surface area contributed by atoms with Gasteiger partial charge in [0.05, 0.1) is 18.2 Å². The number of benzene rings is 2. The number of nitrogens with zero attached hydrogens (tertiary/aromatic N) is 3. The molecule has 2 saturated heterocycles. The topological polar surface area (TPSA) is 77.8 Å². The van der Waals surface area contributed by atoms with Gasteiger partial charge in [-0.1, -0.05) is 73.5 Å². The molecule has 3 heterocycles. The highest BCUT2D eigenvalue weighted by Gasteiger charge is 2.56. The van der Waals surface area contributed by atoms with E-state index in [4.69, 9.17) is 0 Å². The van der Waals surface area contributed by atoms with E-state index in [1.807, 2.05) is 46.2 Å².